The summed E-state index contributed by atoms with van der Waals surface area (Å²) in [6.45, 7) is 2.20. The molecule has 0 spiro atoms. The molecule has 2 atom stereocenters. The number of ketones is 1. The van der Waals surface area contributed by atoms with Crippen LogP contribution in [0.1, 0.15) is 81.4 Å². The van der Waals surface area contributed by atoms with Crippen LogP contribution in [-0.4, -0.2) is 10.9 Å². The van der Waals surface area contributed by atoms with Gasteiger partial charge in [-0.25, -0.2) is 0 Å². The van der Waals surface area contributed by atoms with Crippen LogP contribution in [0.3, 0.4) is 0 Å². The van der Waals surface area contributed by atoms with Crippen molar-refractivity contribution >= 4 is 5.78 Å². The molecule has 0 aromatic heterocycles. The lowest BCUT2D eigenvalue weighted by Gasteiger charge is -2.46. The first-order valence-electron chi connectivity index (χ1n) is 8.44. The fourth-order valence-corrected chi connectivity index (χ4v) is 4.22. The molecule has 21 heavy (non-hydrogen) atoms. The molecule has 0 amide bonds. The van der Waals surface area contributed by atoms with E-state index in [9.17, 15) is 9.90 Å². The summed E-state index contributed by atoms with van der Waals surface area (Å²) in [5.41, 5.74) is 2.40. The zero-order chi connectivity index (χ0) is 14.9. The molecule has 114 valence electrons. The van der Waals surface area contributed by atoms with Crippen LogP contribution in [0.25, 0.3) is 0 Å². The molecule has 2 fully saturated rings. The van der Waals surface area contributed by atoms with Crippen LogP contribution in [0.2, 0.25) is 0 Å². The van der Waals surface area contributed by atoms with Crippen molar-refractivity contribution in [2.24, 2.45) is 5.41 Å². The summed E-state index contributed by atoms with van der Waals surface area (Å²) in [6, 6.07) is 8.38. The molecule has 2 saturated carbocycles. The topological polar surface area (TPSA) is 37.3 Å². The van der Waals surface area contributed by atoms with Gasteiger partial charge in [0.25, 0.3) is 0 Å². The van der Waals surface area contributed by atoms with Gasteiger partial charge in [-0.05, 0) is 42.7 Å². The Balaban J connectivity index is 1.80. The highest BCUT2D eigenvalue weighted by Crippen LogP contribution is 2.53. The summed E-state index contributed by atoms with van der Waals surface area (Å²) in [4.78, 5) is 11.5. The second-order valence-electron chi connectivity index (χ2n) is 7.02. The first-order valence-corrected chi connectivity index (χ1v) is 8.44. The van der Waals surface area contributed by atoms with Crippen molar-refractivity contribution in [2.45, 2.75) is 70.3 Å². The van der Waals surface area contributed by atoms with Gasteiger partial charge in [0.1, 0.15) is 5.78 Å². The van der Waals surface area contributed by atoms with E-state index >= 15 is 0 Å². The molecular weight excluding hydrogens is 260 g/mol. The summed E-state index contributed by atoms with van der Waals surface area (Å²) in [5, 5.41) is 10.9. The fraction of sp³-hybridized carbons (Fsp3) is 0.632. The average Bonchev–Trinajstić information content (AvgIpc) is 2.89. The van der Waals surface area contributed by atoms with Crippen molar-refractivity contribution in [3.05, 3.63) is 35.4 Å². The Bertz CT molecular complexity index is 516. The maximum Gasteiger partial charge on any atom is 0.133 e. The number of Topliss-reactive ketones (excluding diaryl/α,β-unsaturated/α-hetero) is 1. The smallest absolute Gasteiger partial charge is 0.133 e. The quantitative estimate of drug-likeness (QED) is 0.863. The largest absolute Gasteiger partial charge is 0.388 e. The second-order valence-corrected chi connectivity index (χ2v) is 7.02. The number of carbonyl (C=O) groups is 1. The Hall–Kier alpha value is -1.15. The van der Waals surface area contributed by atoms with Crippen LogP contribution in [0.15, 0.2) is 24.3 Å². The maximum atomic E-state index is 11.5. The standard InChI is InChI=1S/C19H26O2/c1-2-9-19(10-4-11-19)18(21)16-6-3-5-14(12-16)15-7-8-17(20)13-15/h3,5-6,12,15,18,21H,2,4,7-11,13H2,1H3. The van der Waals surface area contributed by atoms with Gasteiger partial charge in [-0.1, -0.05) is 44.0 Å². The zero-order valence-corrected chi connectivity index (χ0v) is 13.0. The van der Waals surface area contributed by atoms with Gasteiger partial charge in [-0.3, -0.25) is 4.79 Å². The van der Waals surface area contributed by atoms with Crippen molar-refractivity contribution in [1.29, 1.82) is 0 Å². The van der Waals surface area contributed by atoms with Crippen LogP contribution in [0, 0.1) is 5.41 Å². The molecule has 0 radical (unpaired) electrons. The molecule has 2 nitrogen and oxygen atoms in total. The van der Waals surface area contributed by atoms with E-state index in [1.165, 1.54) is 12.0 Å². The summed E-state index contributed by atoms with van der Waals surface area (Å²) in [5.74, 6) is 0.751. The predicted octanol–water partition coefficient (Wildman–Crippen LogP) is 4.53. The molecular formula is C19H26O2. The number of hydrogen-bond acceptors (Lipinski definition) is 2. The summed E-state index contributed by atoms with van der Waals surface area (Å²) in [7, 11) is 0. The van der Waals surface area contributed by atoms with Gasteiger partial charge in [0.2, 0.25) is 0 Å². The molecule has 2 aliphatic carbocycles. The highest BCUT2D eigenvalue weighted by Gasteiger charge is 2.43. The van der Waals surface area contributed by atoms with E-state index in [1.807, 2.05) is 0 Å². The van der Waals surface area contributed by atoms with Crippen molar-refractivity contribution in [2.75, 3.05) is 0 Å². The van der Waals surface area contributed by atoms with Crippen molar-refractivity contribution in [3.8, 4) is 0 Å². The third kappa shape index (κ3) is 2.78. The molecule has 3 rings (SSSR count). The average molecular weight is 286 g/mol. The normalized spacial score (nSPS) is 25.6. The lowest BCUT2D eigenvalue weighted by atomic mass is 9.61. The number of aliphatic hydroxyl groups excluding tert-OH is 1. The third-order valence-electron chi connectivity index (χ3n) is 5.62. The third-order valence-corrected chi connectivity index (χ3v) is 5.62. The molecule has 0 aliphatic heterocycles. The van der Waals surface area contributed by atoms with Crippen molar-refractivity contribution < 1.29 is 9.90 Å². The summed E-state index contributed by atoms with van der Waals surface area (Å²) < 4.78 is 0. The van der Waals surface area contributed by atoms with E-state index in [0.29, 0.717) is 18.1 Å². The Morgan fingerprint density at radius 2 is 2.19 bits per heavy atom. The van der Waals surface area contributed by atoms with E-state index in [1.54, 1.807) is 0 Å². The van der Waals surface area contributed by atoms with Gasteiger partial charge in [-0.15, -0.1) is 0 Å². The van der Waals surface area contributed by atoms with Crippen LogP contribution in [-0.2, 0) is 4.79 Å². The molecule has 1 aromatic rings. The first-order chi connectivity index (χ1) is 10.1. The Morgan fingerprint density at radius 1 is 1.38 bits per heavy atom. The number of rotatable bonds is 5. The van der Waals surface area contributed by atoms with Crippen molar-refractivity contribution in [1.82, 2.24) is 0 Å². The van der Waals surface area contributed by atoms with Gasteiger partial charge >= 0.3 is 0 Å². The van der Waals surface area contributed by atoms with E-state index < -0.39 is 0 Å². The monoisotopic (exact) mass is 286 g/mol. The van der Waals surface area contributed by atoms with Gasteiger partial charge in [0.05, 0.1) is 6.10 Å². The Labute approximate surface area is 127 Å². The minimum absolute atomic E-state index is 0.110. The summed E-state index contributed by atoms with van der Waals surface area (Å²) >= 11 is 0. The molecule has 2 unspecified atom stereocenters. The van der Waals surface area contributed by atoms with Crippen LogP contribution in [0.4, 0.5) is 0 Å². The molecule has 1 N–H and O–H groups in total. The van der Waals surface area contributed by atoms with E-state index in [4.69, 9.17) is 0 Å². The van der Waals surface area contributed by atoms with Crippen molar-refractivity contribution in [3.63, 3.8) is 0 Å². The minimum atomic E-state index is -0.344. The van der Waals surface area contributed by atoms with E-state index in [2.05, 4.69) is 31.2 Å². The van der Waals surface area contributed by atoms with Crippen LogP contribution >= 0.6 is 0 Å². The van der Waals surface area contributed by atoms with E-state index in [-0.39, 0.29) is 11.5 Å². The van der Waals surface area contributed by atoms with Crippen LogP contribution < -0.4 is 0 Å². The number of hydrogen-bond donors (Lipinski definition) is 1. The highest BCUT2D eigenvalue weighted by molar-refractivity contribution is 5.81. The van der Waals surface area contributed by atoms with Gasteiger partial charge < -0.3 is 5.11 Å². The Kier molecular flexibility index (Phi) is 4.17. The maximum absolute atomic E-state index is 11.5. The second kappa shape index (κ2) is 5.92. The van der Waals surface area contributed by atoms with E-state index in [0.717, 1.165) is 44.1 Å². The molecule has 0 saturated heterocycles. The molecule has 0 bridgehead atoms. The fourth-order valence-electron chi connectivity index (χ4n) is 4.22. The minimum Gasteiger partial charge on any atom is -0.388 e. The lowest BCUT2D eigenvalue weighted by molar-refractivity contribution is -0.117. The Morgan fingerprint density at radius 3 is 2.76 bits per heavy atom. The van der Waals surface area contributed by atoms with Gasteiger partial charge in [-0.2, -0.15) is 0 Å². The lowest BCUT2D eigenvalue weighted by Crippen LogP contribution is -2.36. The zero-order valence-electron chi connectivity index (χ0n) is 13.0. The highest BCUT2D eigenvalue weighted by atomic mass is 16.3. The summed E-state index contributed by atoms with van der Waals surface area (Å²) in [6.07, 6.45) is 7.81. The number of aliphatic hydroxyl groups is 1. The predicted molar refractivity (Wildman–Crippen MR) is 84.2 cm³/mol. The SMILES string of the molecule is CCCC1(C(O)c2cccc(C3CCC(=O)C3)c2)CCC1. The molecule has 0 heterocycles. The number of benzene rings is 1. The molecule has 2 aliphatic rings. The number of carbonyl (C=O) groups excluding carboxylic acids is 1. The van der Waals surface area contributed by atoms with Gasteiger partial charge in [0.15, 0.2) is 0 Å². The molecule has 2 heteroatoms. The first kappa shape index (κ1) is 14.8. The van der Waals surface area contributed by atoms with Gasteiger partial charge in [0, 0.05) is 18.3 Å². The van der Waals surface area contributed by atoms with Crippen LogP contribution in [0.5, 0.6) is 0 Å². The molecule has 1 aromatic carbocycles.